The molecule has 0 aliphatic carbocycles. The molecule has 2 aromatic heterocycles. The van der Waals surface area contributed by atoms with Gasteiger partial charge in [0.2, 0.25) is 11.8 Å². The van der Waals surface area contributed by atoms with Crippen LogP contribution in [0.5, 0.6) is 0 Å². The highest BCUT2D eigenvalue weighted by Crippen LogP contribution is 2.28. The van der Waals surface area contributed by atoms with E-state index in [4.69, 9.17) is 0 Å². The van der Waals surface area contributed by atoms with E-state index in [1.165, 1.54) is 0 Å². The molecule has 1 amide bonds. The minimum absolute atomic E-state index is 0.300. The van der Waals surface area contributed by atoms with Crippen LogP contribution in [0.15, 0.2) is 18.3 Å². The van der Waals surface area contributed by atoms with Crippen molar-refractivity contribution in [1.29, 1.82) is 0 Å². The van der Waals surface area contributed by atoms with E-state index >= 15 is 0 Å². The number of nitrogens with zero attached hydrogens (tertiary/aromatic N) is 3. The maximum atomic E-state index is 12.3. The standard InChI is InChI=1S/C10H5F6N5O/c11-9(12,13)5-2-1-4(3-17-5)6(22)18-8-19-7(20-21-8)10(14,15)16/h1-3H,(H2,18,19,20,21,22). The second kappa shape index (κ2) is 5.27. The van der Waals surface area contributed by atoms with Gasteiger partial charge in [0.25, 0.3) is 5.91 Å². The molecule has 0 fully saturated rings. The number of carbonyl (C=O) groups excluding carboxylic acids is 1. The van der Waals surface area contributed by atoms with Gasteiger partial charge in [0.15, 0.2) is 0 Å². The summed E-state index contributed by atoms with van der Waals surface area (Å²) in [5, 5.41) is 6.58. The first-order valence-electron chi connectivity index (χ1n) is 5.41. The summed E-state index contributed by atoms with van der Waals surface area (Å²) in [6.45, 7) is 0. The van der Waals surface area contributed by atoms with E-state index < -0.39 is 35.7 Å². The lowest BCUT2D eigenvalue weighted by Crippen LogP contribution is -2.15. The Kier molecular flexibility index (Phi) is 3.77. The summed E-state index contributed by atoms with van der Waals surface area (Å²) in [5.74, 6) is -3.10. The van der Waals surface area contributed by atoms with Crippen molar-refractivity contribution in [1.82, 2.24) is 20.2 Å². The van der Waals surface area contributed by atoms with Gasteiger partial charge in [-0.25, -0.2) is 0 Å². The van der Waals surface area contributed by atoms with E-state index in [-0.39, 0.29) is 5.56 Å². The third-order valence-corrected chi connectivity index (χ3v) is 2.30. The fourth-order valence-electron chi connectivity index (χ4n) is 1.31. The first kappa shape index (κ1) is 15.7. The molecular formula is C10H5F6N5O. The van der Waals surface area contributed by atoms with E-state index in [0.717, 1.165) is 6.07 Å². The van der Waals surface area contributed by atoms with Crippen molar-refractivity contribution in [2.45, 2.75) is 12.4 Å². The number of hydrogen-bond acceptors (Lipinski definition) is 4. The van der Waals surface area contributed by atoms with E-state index in [0.29, 0.717) is 12.3 Å². The van der Waals surface area contributed by atoms with Gasteiger partial charge in [-0.2, -0.15) is 31.3 Å². The molecule has 2 rings (SSSR count). The average Bonchev–Trinajstić information content (AvgIpc) is 2.86. The van der Waals surface area contributed by atoms with E-state index in [1.807, 2.05) is 5.32 Å². The summed E-state index contributed by atoms with van der Waals surface area (Å²) in [4.78, 5) is 17.6. The molecule has 0 unspecified atom stereocenters. The maximum Gasteiger partial charge on any atom is 0.451 e. The molecule has 118 valence electrons. The monoisotopic (exact) mass is 325 g/mol. The number of rotatable bonds is 2. The largest absolute Gasteiger partial charge is 0.451 e. The molecule has 2 N–H and O–H groups in total. The molecule has 0 bridgehead atoms. The smallest absolute Gasteiger partial charge is 0.289 e. The molecule has 0 saturated heterocycles. The van der Waals surface area contributed by atoms with Crippen LogP contribution in [0.2, 0.25) is 0 Å². The van der Waals surface area contributed by atoms with Crippen LogP contribution >= 0.6 is 0 Å². The Labute approximate surface area is 117 Å². The summed E-state index contributed by atoms with van der Waals surface area (Å²) in [7, 11) is 0. The predicted molar refractivity (Wildman–Crippen MR) is 58.6 cm³/mol. The van der Waals surface area contributed by atoms with Crippen molar-refractivity contribution in [3.63, 3.8) is 0 Å². The number of H-pyrrole nitrogens is 1. The molecule has 0 aliphatic rings. The Morgan fingerprint density at radius 3 is 2.23 bits per heavy atom. The van der Waals surface area contributed by atoms with Gasteiger partial charge in [-0.1, -0.05) is 0 Å². The second-order valence-electron chi connectivity index (χ2n) is 3.89. The van der Waals surface area contributed by atoms with Crippen molar-refractivity contribution in [3.05, 3.63) is 35.4 Å². The molecule has 12 heteroatoms. The number of anilines is 1. The number of carbonyl (C=O) groups is 1. The van der Waals surface area contributed by atoms with Crippen LogP contribution in [0.3, 0.4) is 0 Å². The number of amides is 1. The van der Waals surface area contributed by atoms with Gasteiger partial charge < -0.3 is 0 Å². The van der Waals surface area contributed by atoms with Crippen molar-refractivity contribution < 1.29 is 31.1 Å². The van der Waals surface area contributed by atoms with E-state index in [2.05, 4.69) is 15.1 Å². The zero-order valence-corrected chi connectivity index (χ0v) is 10.2. The van der Waals surface area contributed by atoms with E-state index in [9.17, 15) is 31.1 Å². The Morgan fingerprint density at radius 2 is 1.77 bits per heavy atom. The SMILES string of the molecule is O=C(Nc1n[nH]c(C(F)(F)F)n1)c1ccc(C(F)(F)F)nc1. The van der Waals surface area contributed by atoms with Gasteiger partial charge in [0, 0.05) is 6.20 Å². The zero-order valence-electron chi connectivity index (χ0n) is 10.2. The number of hydrogen-bond donors (Lipinski definition) is 2. The third kappa shape index (κ3) is 3.51. The zero-order chi connectivity index (χ0) is 16.5. The molecule has 0 spiro atoms. The lowest BCUT2D eigenvalue weighted by atomic mass is 10.2. The Bertz CT molecular complexity index is 674. The number of pyridine rings is 1. The quantitative estimate of drug-likeness (QED) is 0.831. The topological polar surface area (TPSA) is 83.6 Å². The van der Waals surface area contributed by atoms with Crippen LogP contribution < -0.4 is 5.32 Å². The number of aromatic nitrogens is 4. The van der Waals surface area contributed by atoms with Gasteiger partial charge in [0.1, 0.15) is 5.69 Å². The van der Waals surface area contributed by atoms with E-state index in [1.54, 1.807) is 5.10 Å². The fourth-order valence-corrected chi connectivity index (χ4v) is 1.31. The third-order valence-electron chi connectivity index (χ3n) is 2.30. The molecule has 22 heavy (non-hydrogen) atoms. The van der Waals surface area contributed by atoms with Crippen molar-refractivity contribution in [3.8, 4) is 0 Å². The fraction of sp³-hybridized carbons (Fsp3) is 0.200. The van der Waals surface area contributed by atoms with Crippen LogP contribution in [-0.4, -0.2) is 26.1 Å². The van der Waals surface area contributed by atoms with Gasteiger partial charge in [-0.05, 0) is 12.1 Å². The van der Waals surface area contributed by atoms with Gasteiger partial charge in [-0.3, -0.25) is 20.2 Å². The van der Waals surface area contributed by atoms with Crippen LogP contribution in [0.1, 0.15) is 21.9 Å². The highest BCUT2D eigenvalue weighted by Gasteiger charge is 2.35. The number of halogens is 6. The van der Waals surface area contributed by atoms with Crippen molar-refractivity contribution >= 4 is 11.9 Å². The molecule has 0 aromatic carbocycles. The molecule has 0 atom stereocenters. The lowest BCUT2D eigenvalue weighted by Gasteiger charge is -2.06. The summed E-state index contributed by atoms with van der Waals surface area (Å²) in [6, 6.07) is 1.39. The van der Waals surface area contributed by atoms with Crippen molar-refractivity contribution in [2.24, 2.45) is 0 Å². The highest BCUT2D eigenvalue weighted by molar-refractivity contribution is 6.03. The van der Waals surface area contributed by atoms with Crippen molar-refractivity contribution in [2.75, 3.05) is 5.32 Å². The minimum Gasteiger partial charge on any atom is -0.289 e. The molecular weight excluding hydrogens is 320 g/mol. The molecule has 6 nitrogen and oxygen atoms in total. The summed E-state index contributed by atoms with van der Waals surface area (Å²) < 4.78 is 73.6. The predicted octanol–water partition coefficient (Wildman–Crippen LogP) is 2.49. The lowest BCUT2D eigenvalue weighted by molar-refractivity contribution is -0.144. The van der Waals surface area contributed by atoms with Crippen LogP contribution in [0.4, 0.5) is 32.3 Å². The Balaban J connectivity index is 2.11. The molecule has 0 radical (unpaired) electrons. The highest BCUT2D eigenvalue weighted by atomic mass is 19.4. The first-order valence-corrected chi connectivity index (χ1v) is 5.41. The summed E-state index contributed by atoms with van der Waals surface area (Å²) >= 11 is 0. The van der Waals surface area contributed by atoms with Crippen LogP contribution in [0, 0.1) is 0 Å². The van der Waals surface area contributed by atoms with Gasteiger partial charge in [0.05, 0.1) is 5.56 Å². The first-order chi connectivity index (χ1) is 10.1. The Morgan fingerprint density at radius 1 is 1.09 bits per heavy atom. The second-order valence-corrected chi connectivity index (χ2v) is 3.89. The molecule has 2 aromatic rings. The molecule has 0 saturated carbocycles. The average molecular weight is 325 g/mol. The minimum atomic E-state index is -4.77. The normalized spacial score (nSPS) is 12.3. The van der Waals surface area contributed by atoms with Gasteiger partial charge in [-0.15, -0.1) is 5.10 Å². The number of nitrogens with one attached hydrogen (secondary N) is 2. The number of aromatic amines is 1. The Hall–Kier alpha value is -2.66. The van der Waals surface area contributed by atoms with Crippen LogP contribution in [0.25, 0.3) is 0 Å². The molecule has 0 aliphatic heterocycles. The molecule has 2 heterocycles. The number of alkyl halides is 6. The summed E-state index contributed by atoms with van der Waals surface area (Å²) in [6.07, 6.45) is -8.80. The maximum absolute atomic E-state index is 12.3. The van der Waals surface area contributed by atoms with Gasteiger partial charge >= 0.3 is 12.4 Å². The van der Waals surface area contributed by atoms with Crippen LogP contribution in [-0.2, 0) is 12.4 Å². The summed E-state index contributed by atoms with van der Waals surface area (Å²) in [5.41, 5.74) is -1.51.